The number of benzene rings is 1. The summed E-state index contributed by atoms with van der Waals surface area (Å²) < 4.78 is 28.4. The van der Waals surface area contributed by atoms with Crippen LogP contribution in [0, 0.1) is 0 Å². The van der Waals surface area contributed by atoms with Crippen LogP contribution in [0.25, 0.3) is 0 Å². The first-order chi connectivity index (χ1) is 9.39. The number of thiocarbonyl (C=S) groups is 1. The van der Waals surface area contributed by atoms with Crippen LogP contribution in [0.5, 0.6) is 5.75 Å². The zero-order valence-electron chi connectivity index (χ0n) is 11.0. The molecule has 20 heavy (non-hydrogen) atoms. The molecule has 110 valence electrons. The molecule has 4 nitrogen and oxygen atoms in total. The van der Waals surface area contributed by atoms with E-state index < -0.39 is 21.3 Å². The molecule has 2 rings (SSSR count). The number of nitrogens with one attached hydrogen (secondary N) is 1. The van der Waals surface area contributed by atoms with Crippen LogP contribution in [0.4, 0.5) is 0 Å². The van der Waals surface area contributed by atoms with Gasteiger partial charge < -0.3 is 10.1 Å². The van der Waals surface area contributed by atoms with Gasteiger partial charge in [0.15, 0.2) is 9.84 Å². The lowest BCUT2D eigenvalue weighted by atomic mass is 10.2. The van der Waals surface area contributed by atoms with Crippen LogP contribution in [0.3, 0.4) is 0 Å². The molecule has 2 atom stereocenters. The summed E-state index contributed by atoms with van der Waals surface area (Å²) in [7, 11) is -3.08. The Morgan fingerprint density at radius 2 is 2.25 bits per heavy atom. The Bertz CT molecular complexity index is 603. The van der Waals surface area contributed by atoms with E-state index >= 15 is 0 Å². The Kier molecular flexibility index (Phi) is 4.88. The minimum absolute atomic E-state index is 0.0142. The van der Waals surface area contributed by atoms with Gasteiger partial charge in [-0.3, -0.25) is 0 Å². The van der Waals surface area contributed by atoms with Gasteiger partial charge in [-0.25, -0.2) is 8.42 Å². The van der Waals surface area contributed by atoms with E-state index in [1.54, 1.807) is 6.07 Å². The second-order valence-electron chi connectivity index (χ2n) is 4.73. The van der Waals surface area contributed by atoms with Gasteiger partial charge in [-0.05, 0) is 36.3 Å². The molecule has 1 aromatic carbocycles. The Hall–Kier alpha value is -0.850. The summed E-state index contributed by atoms with van der Waals surface area (Å²) in [5.74, 6) is 0.591. The van der Waals surface area contributed by atoms with Gasteiger partial charge in [0, 0.05) is 0 Å². The fourth-order valence-corrected chi connectivity index (χ4v) is 4.85. The van der Waals surface area contributed by atoms with E-state index in [0.29, 0.717) is 5.75 Å². The van der Waals surface area contributed by atoms with Crippen LogP contribution >= 0.6 is 23.8 Å². The Balaban J connectivity index is 1.96. The van der Waals surface area contributed by atoms with E-state index in [9.17, 15) is 8.42 Å². The van der Waals surface area contributed by atoms with E-state index in [1.165, 1.54) is 0 Å². The largest absolute Gasteiger partial charge is 0.432 e. The third-order valence-electron chi connectivity index (χ3n) is 3.10. The molecule has 1 N–H and O–H groups in total. The highest BCUT2D eigenvalue weighted by Crippen LogP contribution is 2.19. The molecule has 1 aliphatic heterocycles. The molecular formula is C13H16ClNO3S2. The highest BCUT2D eigenvalue weighted by molar-refractivity contribution is 7.91. The van der Waals surface area contributed by atoms with Crippen LogP contribution < -0.4 is 10.1 Å². The third-order valence-corrected chi connectivity index (χ3v) is 5.68. The lowest BCUT2D eigenvalue weighted by molar-refractivity contribution is 0.510. The van der Waals surface area contributed by atoms with Crippen molar-refractivity contribution in [1.29, 1.82) is 0 Å². The number of aryl methyl sites for hydroxylation is 1. The molecular weight excluding hydrogens is 318 g/mol. The summed E-state index contributed by atoms with van der Waals surface area (Å²) in [6.07, 6.45) is 0.905. The molecule has 0 radical (unpaired) electrons. The fourth-order valence-electron chi connectivity index (χ4n) is 2.05. The van der Waals surface area contributed by atoms with E-state index in [2.05, 4.69) is 12.2 Å². The van der Waals surface area contributed by atoms with Gasteiger partial charge in [0.25, 0.3) is 5.17 Å². The van der Waals surface area contributed by atoms with Crippen LogP contribution in [0.15, 0.2) is 24.3 Å². The average molecular weight is 334 g/mol. The molecule has 1 aliphatic rings. The van der Waals surface area contributed by atoms with Crippen LogP contribution in [-0.2, 0) is 16.3 Å². The SMILES string of the molecule is CCc1cccc(OC(=S)NC2CS(=O)(=O)CC2Cl)c1. The average Bonchev–Trinajstić information content (AvgIpc) is 2.62. The van der Waals surface area contributed by atoms with Crippen LogP contribution in [0.1, 0.15) is 12.5 Å². The highest BCUT2D eigenvalue weighted by Gasteiger charge is 2.37. The summed E-state index contributed by atoms with van der Waals surface area (Å²) in [5, 5.41) is 2.53. The van der Waals surface area contributed by atoms with Gasteiger partial charge in [-0.2, -0.15) is 0 Å². The maximum Gasteiger partial charge on any atom is 0.262 e. The Morgan fingerprint density at radius 1 is 1.50 bits per heavy atom. The number of halogens is 1. The smallest absolute Gasteiger partial charge is 0.262 e. The Labute approximate surface area is 129 Å². The van der Waals surface area contributed by atoms with Crippen molar-refractivity contribution in [3.63, 3.8) is 0 Å². The van der Waals surface area contributed by atoms with Crippen molar-refractivity contribution in [3.05, 3.63) is 29.8 Å². The summed E-state index contributed by atoms with van der Waals surface area (Å²) in [4.78, 5) is 0. The van der Waals surface area contributed by atoms with E-state index in [4.69, 9.17) is 28.6 Å². The molecule has 1 saturated heterocycles. The Morgan fingerprint density at radius 3 is 2.85 bits per heavy atom. The monoisotopic (exact) mass is 333 g/mol. The summed E-state index contributed by atoms with van der Waals surface area (Å²) in [5.41, 5.74) is 1.14. The number of alkyl halides is 1. The first kappa shape index (κ1) is 15.5. The predicted molar refractivity (Wildman–Crippen MR) is 84.3 cm³/mol. The normalized spacial score (nSPS) is 24.3. The first-order valence-corrected chi connectivity index (χ1v) is 8.98. The topological polar surface area (TPSA) is 55.4 Å². The minimum atomic E-state index is -3.08. The van der Waals surface area contributed by atoms with Gasteiger partial charge in [0.05, 0.1) is 22.9 Å². The van der Waals surface area contributed by atoms with E-state index in [1.807, 2.05) is 18.2 Å². The molecule has 0 spiro atoms. The fraction of sp³-hybridized carbons (Fsp3) is 0.462. The second kappa shape index (κ2) is 6.28. The van der Waals surface area contributed by atoms with Crippen molar-refractivity contribution in [1.82, 2.24) is 5.32 Å². The zero-order valence-corrected chi connectivity index (χ0v) is 13.4. The molecule has 1 heterocycles. The van der Waals surface area contributed by atoms with Crippen molar-refractivity contribution in [2.45, 2.75) is 24.8 Å². The molecule has 0 aliphatic carbocycles. The lowest BCUT2D eigenvalue weighted by Gasteiger charge is -2.16. The molecule has 2 unspecified atom stereocenters. The quantitative estimate of drug-likeness (QED) is 0.676. The number of rotatable bonds is 3. The minimum Gasteiger partial charge on any atom is -0.432 e. The summed E-state index contributed by atoms with van der Waals surface area (Å²) >= 11 is 11.1. The molecule has 1 aromatic rings. The molecule has 0 saturated carbocycles. The highest BCUT2D eigenvalue weighted by atomic mass is 35.5. The van der Waals surface area contributed by atoms with Crippen LogP contribution in [-0.4, -0.2) is 36.5 Å². The zero-order chi connectivity index (χ0) is 14.8. The molecule has 1 fully saturated rings. The summed E-state index contributed by atoms with van der Waals surface area (Å²) in [6, 6.07) is 7.19. The number of ether oxygens (including phenoxy) is 1. The number of hydrogen-bond acceptors (Lipinski definition) is 4. The number of hydrogen-bond donors (Lipinski definition) is 1. The van der Waals surface area contributed by atoms with Crippen molar-refractivity contribution in [3.8, 4) is 5.75 Å². The van der Waals surface area contributed by atoms with Crippen molar-refractivity contribution < 1.29 is 13.2 Å². The molecule has 7 heteroatoms. The second-order valence-corrected chi connectivity index (χ2v) is 7.82. The lowest BCUT2D eigenvalue weighted by Crippen LogP contribution is -2.42. The van der Waals surface area contributed by atoms with Gasteiger partial charge in [0.2, 0.25) is 0 Å². The predicted octanol–water partition coefficient (Wildman–Crippen LogP) is 1.91. The standard InChI is InChI=1S/C13H16ClNO3S2/c1-2-9-4-3-5-10(6-9)18-13(19)15-12-8-20(16,17)7-11(12)14/h3-6,11-12H,2,7-8H2,1H3,(H,15,19). The molecule has 0 bridgehead atoms. The first-order valence-electron chi connectivity index (χ1n) is 6.31. The maximum atomic E-state index is 11.5. The van der Waals surface area contributed by atoms with Gasteiger partial charge in [-0.1, -0.05) is 19.1 Å². The van der Waals surface area contributed by atoms with Gasteiger partial charge in [-0.15, -0.1) is 11.6 Å². The van der Waals surface area contributed by atoms with Gasteiger partial charge in [0.1, 0.15) is 5.75 Å². The number of sulfone groups is 1. The maximum absolute atomic E-state index is 11.5. The molecule has 0 amide bonds. The third kappa shape index (κ3) is 4.07. The van der Waals surface area contributed by atoms with Gasteiger partial charge >= 0.3 is 0 Å². The summed E-state index contributed by atoms with van der Waals surface area (Å²) in [6.45, 7) is 2.05. The van der Waals surface area contributed by atoms with Crippen molar-refractivity contribution >= 4 is 38.8 Å². The van der Waals surface area contributed by atoms with Crippen molar-refractivity contribution in [2.75, 3.05) is 11.5 Å². The van der Waals surface area contributed by atoms with E-state index in [0.717, 1.165) is 12.0 Å². The van der Waals surface area contributed by atoms with Crippen molar-refractivity contribution in [2.24, 2.45) is 0 Å². The van der Waals surface area contributed by atoms with E-state index in [-0.39, 0.29) is 16.7 Å². The van der Waals surface area contributed by atoms with Crippen LogP contribution in [0.2, 0.25) is 0 Å². The molecule has 0 aromatic heterocycles.